The Hall–Kier alpha value is -0.680. The van der Waals surface area contributed by atoms with Crippen LogP contribution in [-0.4, -0.2) is 42.0 Å². The van der Waals surface area contributed by atoms with Gasteiger partial charge in [-0.2, -0.15) is 0 Å². The summed E-state index contributed by atoms with van der Waals surface area (Å²) in [5, 5.41) is 2.89. The van der Waals surface area contributed by atoms with Gasteiger partial charge in [0.2, 0.25) is 5.91 Å². The van der Waals surface area contributed by atoms with E-state index in [2.05, 4.69) is 24.1 Å². The van der Waals surface area contributed by atoms with Crippen LogP contribution in [0.3, 0.4) is 0 Å². The van der Waals surface area contributed by atoms with Crippen molar-refractivity contribution >= 4 is 23.1 Å². The molecule has 1 aliphatic heterocycles. The summed E-state index contributed by atoms with van der Waals surface area (Å²) in [6.07, 6.45) is 2.87. The molecule has 5 heteroatoms. The van der Waals surface area contributed by atoms with E-state index in [1.807, 2.05) is 0 Å². The molecule has 3 N–H and O–H groups in total. The van der Waals surface area contributed by atoms with Crippen LogP contribution in [0.5, 0.6) is 0 Å². The summed E-state index contributed by atoms with van der Waals surface area (Å²) in [5.41, 5.74) is 5.73. The fraction of sp³-hybridized carbons (Fsp3) is 0.833. The third-order valence-electron chi connectivity index (χ3n) is 3.49. The molecule has 0 aliphatic carbocycles. The number of nitrogens with zero attached hydrogens (tertiary/aromatic N) is 1. The number of amides is 1. The lowest BCUT2D eigenvalue weighted by molar-refractivity contribution is -0.122. The summed E-state index contributed by atoms with van der Waals surface area (Å²) in [6.45, 7) is 7.21. The molecule has 0 aromatic rings. The number of likely N-dealkylation sites (tertiary alicyclic amines) is 1. The molecule has 17 heavy (non-hydrogen) atoms. The monoisotopic (exact) mass is 257 g/mol. The topological polar surface area (TPSA) is 58.4 Å². The smallest absolute Gasteiger partial charge is 0.234 e. The molecule has 0 aromatic carbocycles. The fourth-order valence-corrected chi connectivity index (χ4v) is 2.18. The number of nitrogens with one attached hydrogen (secondary N) is 1. The van der Waals surface area contributed by atoms with E-state index in [0.717, 1.165) is 38.9 Å². The van der Waals surface area contributed by atoms with Crippen LogP contribution in [0.1, 0.15) is 33.1 Å². The van der Waals surface area contributed by atoms with Gasteiger partial charge in [0.15, 0.2) is 0 Å². The van der Waals surface area contributed by atoms with E-state index in [1.54, 1.807) is 0 Å². The number of nitrogens with two attached hydrogens (primary N) is 1. The second-order valence-corrected chi connectivity index (χ2v) is 5.49. The van der Waals surface area contributed by atoms with Crippen molar-refractivity contribution in [2.45, 2.75) is 33.1 Å². The summed E-state index contributed by atoms with van der Waals surface area (Å²) in [5.74, 6) is 0.116. The molecule has 1 fully saturated rings. The van der Waals surface area contributed by atoms with Crippen LogP contribution in [0.25, 0.3) is 0 Å². The average Bonchev–Trinajstić information content (AvgIpc) is 2.29. The van der Waals surface area contributed by atoms with Gasteiger partial charge in [-0.05, 0) is 32.4 Å². The molecule has 0 spiro atoms. The van der Waals surface area contributed by atoms with Gasteiger partial charge in [-0.15, -0.1) is 0 Å². The molecular formula is C12H23N3OS. The van der Waals surface area contributed by atoms with Crippen LogP contribution in [0, 0.1) is 5.41 Å². The van der Waals surface area contributed by atoms with Crippen LogP contribution in [0.2, 0.25) is 0 Å². The lowest BCUT2D eigenvalue weighted by atomic mass is 9.80. The first kappa shape index (κ1) is 14.4. The molecule has 0 radical (unpaired) electrons. The Labute approximate surface area is 109 Å². The zero-order valence-electron chi connectivity index (χ0n) is 10.8. The first-order chi connectivity index (χ1) is 7.98. The summed E-state index contributed by atoms with van der Waals surface area (Å²) < 4.78 is 0. The maximum atomic E-state index is 11.6. The molecule has 1 aliphatic rings. The minimum absolute atomic E-state index is 0.0221. The van der Waals surface area contributed by atoms with Gasteiger partial charge in [0.25, 0.3) is 0 Å². The summed E-state index contributed by atoms with van der Waals surface area (Å²) in [6, 6.07) is 0. The molecule has 1 heterocycles. The number of thiocarbonyl (C=S) groups is 1. The molecule has 0 saturated carbocycles. The van der Waals surface area contributed by atoms with Gasteiger partial charge >= 0.3 is 0 Å². The highest BCUT2D eigenvalue weighted by Gasteiger charge is 2.32. The third kappa shape index (κ3) is 4.24. The fourth-order valence-electron chi connectivity index (χ4n) is 1.97. The van der Waals surface area contributed by atoms with E-state index < -0.39 is 0 Å². The number of carbonyl (C=O) groups excluding carboxylic acids is 1. The van der Waals surface area contributed by atoms with Crippen molar-refractivity contribution < 1.29 is 4.79 Å². The van der Waals surface area contributed by atoms with E-state index in [1.165, 1.54) is 0 Å². The quantitative estimate of drug-likeness (QED) is 0.719. The highest BCUT2D eigenvalue weighted by atomic mass is 32.1. The molecule has 1 amide bonds. The zero-order valence-corrected chi connectivity index (χ0v) is 11.6. The number of piperidine rings is 1. The van der Waals surface area contributed by atoms with Gasteiger partial charge in [-0.1, -0.05) is 26.1 Å². The third-order valence-corrected chi connectivity index (χ3v) is 3.99. The van der Waals surface area contributed by atoms with Crippen molar-refractivity contribution in [3.8, 4) is 0 Å². The highest BCUT2D eigenvalue weighted by molar-refractivity contribution is 7.80. The first-order valence-electron chi connectivity index (χ1n) is 6.27. The summed E-state index contributed by atoms with van der Waals surface area (Å²) in [7, 11) is 0. The summed E-state index contributed by atoms with van der Waals surface area (Å²) in [4.78, 5) is 14.3. The Morgan fingerprint density at radius 1 is 1.47 bits per heavy atom. The van der Waals surface area contributed by atoms with Crippen molar-refractivity contribution in [2.75, 3.05) is 26.2 Å². The number of hydrogen-bond donors (Lipinski definition) is 2. The van der Waals surface area contributed by atoms with Crippen molar-refractivity contribution in [1.82, 2.24) is 10.2 Å². The highest BCUT2D eigenvalue weighted by Crippen LogP contribution is 2.30. The molecule has 4 nitrogen and oxygen atoms in total. The maximum absolute atomic E-state index is 11.6. The number of rotatable bonds is 5. The second kappa shape index (κ2) is 6.31. The second-order valence-electron chi connectivity index (χ2n) is 5.05. The number of hydrogen-bond acceptors (Lipinski definition) is 3. The van der Waals surface area contributed by atoms with E-state index in [0.29, 0.717) is 11.5 Å². The van der Waals surface area contributed by atoms with Crippen LogP contribution in [0.15, 0.2) is 0 Å². The predicted octanol–water partition coefficient (Wildman–Crippen LogP) is 0.901. The van der Waals surface area contributed by atoms with Crippen LogP contribution in [-0.2, 0) is 4.79 Å². The van der Waals surface area contributed by atoms with Gasteiger partial charge in [0.05, 0.1) is 11.5 Å². The molecule has 0 bridgehead atoms. The molecule has 0 aromatic heterocycles. The Morgan fingerprint density at radius 2 is 2.06 bits per heavy atom. The zero-order chi connectivity index (χ0) is 12.9. The van der Waals surface area contributed by atoms with Crippen molar-refractivity contribution in [3.63, 3.8) is 0 Å². The van der Waals surface area contributed by atoms with E-state index in [9.17, 15) is 4.79 Å². The predicted molar refractivity (Wildman–Crippen MR) is 73.9 cm³/mol. The average molecular weight is 257 g/mol. The standard InChI is InChI=1S/C12H23N3OS/c1-3-6-14-10(16)9-15-7-4-12(2,5-8-15)11(13)17/h3-9H2,1-2H3,(H2,13,17)(H,14,16). The molecule has 0 atom stereocenters. The minimum Gasteiger partial charge on any atom is -0.393 e. The van der Waals surface area contributed by atoms with Crippen molar-refractivity contribution in [1.29, 1.82) is 0 Å². The van der Waals surface area contributed by atoms with Crippen molar-refractivity contribution in [2.24, 2.45) is 11.1 Å². The number of carbonyl (C=O) groups is 1. The van der Waals surface area contributed by atoms with Crippen LogP contribution >= 0.6 is 12.2 Å². The summed E-state index contributed by atoms with van der Waals surface area (Å²) >= 11 is 5.09. The molecular weight excluding hydrogens is 234 g/mol. The molecule has 1 rings (SSSR count). The molecule has 0 unspecified atom stereocenters. The lowest BCUT2D eigenvalue weighted by Gasteiger charge is -2.38. The largest absolute Gasteiger partial charge is 0.393 e. The lowest BCUT2D eigenvalue weighted by Crippen LogP contribution is -2.47. The van der Waals surface area contributed by atoms with Gasteiger partial charge in [-0.3, -0.25) is 9.69 Å². The van der Waals surface area contributed by atoms with Gasteiger partial charge in [0, 0.05) is 12.0 Å². The van der Waals surface area contributed by atoms with Crippen LogP contribution < -0.4 is 11.1 Å². The van der Waals surface area contributed by atoms with Gasteiger partial charge < -0.3 is 11.1 Å². The Kier molecular flexibility index (Phi) is 5.33. The van der Waals surface area contributed by atoms with Gasteiger partial charge in [0.1, 0.15) is 0 Å². The molecule has 1 saturated heterocycles. The van der Waals surface area contributed by atoms with Crippen molar-refractivity contribution in [3.05, 3.63) is 0 Å². The Bertz CT molecular complexity index is 285. The minimum atomic E-state index is -0.0221. The first-order valence-corrected chi connectivity index (χ1v) is 6.68. The van der Waals surface area contributed by atoms with Crippen LogP contribution in [0.4, 0.5) is 0 Å². The van der Waals surface area contributed by atoms with E-state index >= 15 is 0 Å². The maximum Gasteiger partial charge on any atom is 0.234 e. The Morgan fingerprint density at radius 3 is 2.53 bits per heavy atom. The van der Waals surface area contributed by atoms with E-state index in [-0.39, 0.29) is 11.3 Å². The normalized spacial score (nSPS) is 19.9. The molecule has 98 valence electrons. The Balaban J connectivity index is 2.32. The van der Waals surface area contributed by atoms with Gasteiger partial charge in [-0.25, -0.2) is 0 Å². The van der Waals surface area contributed by atoms with E-state index in [4.69, 9.17) is 18.0 Å². The SMILES string of the molecule is CCCNC(=O)CN1CCC(C)(C(N)=S)CC1.